The van der Waals surface area contributed by atoms with Crippen molar-refractivity contribution >= 4 is 32.7 Å². The number of carbonyl (C=O) groups excluding carboxylic acids is 1. The minimum atomic E-state index is -3.56. The van der Waals surface area contributed by atoms with Crippen LogP contribution in [0.5, 0.6) is 0 Å². The largest absolute Gasteiger partial charge is 0.328 e. The fraction of sp³-hybridized carbons (Fsp3) is 0.391. The van der Waals surface area contributed by atoms with Crippen LogP contribution in [0, 0.1) is 12.7 Å². The highest BCUT2D eigenvalue weighted by Crippen LogP contribution is 2.24. The van der Waals surface area contributed by atoms with Crippen LogP contribution in [0.4, 0.5) is 10.1 Å². The van der Waals surface area contributed by atoms with E-state index in [1.807, 2.05) is 0 Å². The summed E-state index contributed by atoms with van der Waals surface area (Å²) in [5.74, 6) is 0.198. The number of anilines is 1. The number of nitrogens with one attached hydrogen (secondary N) is 1. The zero-order valence-corrected chi connectivity index (χ0v) is 19.7. The van der Waals surface area contributed by atoms with Gasteiger partial charge in [0.25, 0.3) is 0 Å². The number of hydrogen-bond donors (Lipinski definition) is 1. The standard InChI is InChI=1S/C23H29FN4O3S/c1-5-6-13-28-21-10-8-18(32(30,31)27(3)4)15-20(21)25-22(28)11-12-23(29)26-19-9-7-17(24)14-16(19)2/h7-10,14-15H,5-6,11-13H2,1-4H3,(H,26,29). The Morgan fingerprint density at radius 1 is 1.19 bits per heavy atom. The van der Waals surface area contributed by atoms with Gasteiger partial charge in [-0.15, -0.1) is 0 Å². The summed E-state index contributed by atoms with van der Waals surface area (Å²) >= 11 is 0. The fourth-order valence-electron chi connectivity index (χ4n) is 3.49. The molecular formula is C23H29FN4O3S. The minimum absolute atomic E-state index is 0.186. The molecule has 1 aromatic heterocycles. The van der Waals surface area contributed by atoms with E-state index in [-0.39, 0.29) is 23.0 Å². The second kappa shape index (κ2) is 9.79. The molecule has 0 bridgehead atoms. The number of rotatable bonds is 9. The Labute approximate surface area is 188 Å². The van der Waals surface area contributed by atoms with Crippen LogP contribution in [-0.2, 0) is 27.8 Å². The Kier molecular flexibility index (Phi) is 7.30. The van der Waals surface area contributed by atoms with Gasteiger partial charge in [-0.2, -0.15) is 0 Å². The van der Waals surface area contributed by atoms with Crippen molar-refractivity contribution in [3.8, 4) is 0 Å². The van der Waals surface area contributed by atoms with Crippen molar-refractivity contribution in [1.82, 2.24) is 13.9 Å². The van der Waals surface area contributed by atoms with Gasteiger partial charge in [-0.3, -0.25) is 4.79 Å². The molecule has 9 heteroatoms. The number of unbranched alkanes of at least 4 members (excludes halogenated alkanes) is 1. The van der Waals surface area contributed by atoms with Crippen molar-refractivity contribution in [1.29, 1.82) is 0 Å². The lowest BCUT2D eigenvalue weighted by atomic mass is 10.2. The first-order valence-corrected chi connectivity index (χ1v) is 12.0. The molecule has 0 fully saturated rings. The molecule has 172 valence electrons. The number of fused-ring (bicyclic) bond motifs is 1. The molecule has 0 radical (unpaired) electrons. The summed E-state index contributed by atoms with van der Waals surface area (Å²) < 4.78 is 41.5. The second-order valence-electron chi connectivity index (χ2n) is 7.98. The van der Waals surface area contributed by atoms with Crippen molar-refractivity contribution < 1.29 is 17.6 Å². The maximum Gasteiger partial charge on any atom is 0.242 e. The third kappa shape index (κ3) is 5.16. The van der Waals surface area contributed by atoms with Gasteiger partial charge < -0.3 is 9.88 Å². The van der Waals surface area contributed by atoms with E-state index in [0.717, 1.165) is 30.7 Å². The molecule has 1 heterocycles. The Hall–Kier alpha value is -2.78. The highest BCUT2D eigenvalue weighted by Gasteiger charge is 2.20. The molecule has 3 rings (SSSR count). The van der Waals surface area contributed by atoms with Crippen molar-refractivity contribution in [3.63, 3.8) is 0 Å². The smallest absolute Gasteiger partial charge is 0.242 e. The predicted octanol–water partition coefficient (Wildman–Crippen LogP) is 4.11. The summed E-state index contributed by atoms with van der Waals surface area (Å²) in [5, 5.41) is 2.82. The van der Waals surface area contributed by atoms with E-state index in [1.165, 1.54) is 30.5 Å². The van der Waals surface area contributed by atoms with Crippen molar-refractivity contribution in [2.75, 3.05) is 19.4 Å². The lowest BCUT2D eigenvalue weighted by molar-refractivity contribution is -0.116. The highest BCUT2D eigenvalue weighted by atomic mass is 32.2. The number of aryl methyl sites for hydroxylation is 3. The quantitative estimate of drug-likeness (QED) is 0.521. The van der Waals surface area contributed by atoms with Crippen molar-refractivity contribution in [3.05, 3.63) is 53.6 Å². The number of carbonyl (C=O) groups is 1. The van der Waals surface area contributed by atoms with E-state index in [0.29, 0.717) is 23.2 Å². The summed E-state index contributed by atoms with van der Waals surface area (Å²) in [6.45, 7) is 4.57. The molecule has 0 saturated carbocycles. The van der Waals surface area contributed by atoms with E-state index in [9.17, 15) is 17.6 Å². The summed E-state index contributed by atoms with van der Waals surface area (Å²) in [6.07, 6.45) is 2.54. The Morgan fingerprint density at radius 2 is 1.94 bits per heavy atom. The van der Waals surface area contributed by atoms with Gasteiger partial charge >= 0.3 is 0 Å². The van der Waals surface area contributed by atoms with Crippen molar-refractivity contribution in [2.45, 2.75) is 51.0 Å². The predicted molar refractivity (Wildman–Crippen MR) is 124 cm³/mol. The number of benzene rings is 2. The molecule has 0 aliphatic carbocycles. The lowest BCUT2D eigenvalue weighted by Gasteiger charge is -2.12. The first-order chi connectivity index (χ1) is 15.1. The topological polar surface area (TPSA) is 84.3 Å². The van der Waals surface area contributed by atoms with E-state index < -0.39 is 10.0 Å². The molecule has 0 spiro atoms. The van der Waals surface area contributed by atoms with Crippen molar-refractivity contribution in [2.24, 2.45) is 0 Å². The van der Waals surface area contributed by atoms with Crippen LogP contribution < -0.4 is 5.32 Å². The Balaban J connectivity index is 1.84. The van der Waals surface area contributed by atoms with Crippen LogP contribution in [0.2, 0.25) is 0 Å². The van der Waals surface area contributed by atoms with Crippen LogP contribution in [0.1, 0.15) is 37.6 Å². The van der Waals surface area contributed by atoms with Gasteiger partial charge in [0.15, 0.2) is 0 Å². The van der Waals surface area contributed by atoms with Gasteiger partial charge in [-0.1, -0.05) is 13.3 Å². The second-order valence-corrected chi connectivity index (χ2v) is 10.1. The summed E-state index contributed by atoms with van der Waals surface area (Å²) in [6, 6.07) is 9.19. The minimum Gasteiger partial charge on any atom is -0.328 e. The van der Waals surface area contributed by atoms with E-state index in [1.54, 1.807) is 31.2 Å². The molecule has 3 aromatic rings. The molecule has 2 aromatic carbocycles. The fourth-order valence-corrected chi connectivity index (χ4v) is 4.41. The van der Waals surface area contributed by atoms with Gasteiger partial charge in [0.1, 0.15) is 11.6 Å². The molecule has 32 heavy (non-hydrogen) atoms. The lowest BCUT2D eigenvalue weighted by Crippen LogP contribution is -2.22. The van der Waals surface area contributed by atoms with E-state index in [4.69, 9.17) is 0 Å². The monoisotopic (exact) mass is 460 g/mol. The Morgan fingerprint density at radius 3 is 2.59 bits per heavy atom. The Bertz CT molecular complexity index is 1240. The molecule has 1 amide bonds. The van der Waals surface area contributed by atoms with Gasteiger partial charge in [-0.25, -0.2) is 22.1 Å². The zero-order valence-electron chi connectivity index (χ0n) is 18.9. The number of halogens is 1. The highest BCUT2D eigenvalue weighted by molar-refractivity contribution is 7.89. The molecular weight excluding hydrogens is 431 g/mol. The molecule has 0 saturated heterocycles. The third-order valence-corrected chi connectivity index (χ3v) is 7.16. The summed E-state index contributed by atoms with van der Waals surface area (Å²) in [4.78, 5) is 17.3. The van der Waals surface area contributed by atoms with Crippen LogP contribution >= 0.6 is 0 Å². The molecule has 0 aliphatic heterocycles. The number of imidazole rings is 1. The van der Waals surface area contributed by atoms with Gasteiger partial charge in [0, 0.05) is 39.2 Å². The van der Waals surface area contributed by atoms with Gasteiger partial charge in [0.2, 0.25) is 15.9 Å². The average molecular weight is 461 g/mol. The van der Waals surface area contributed by atoms with Gasteiger partial charge in [0.05, 0.1) is 15.9 Å². The summed E-state index contributed by atoms with van der Waals surface area (Å²) in [5.41, 5.74) is 2.67. The summed E-state index contributed by atoms with van der Waals surface area (Å²) in [7, 11) is -0.578. The average Bonchev–Trinajstić information content (AvgIpc) is 3.09. The normalized spacial score (nSPS) is 11.9. The van der Waals surface area contributed by atoms with E-state index in [2.05, 4.69) is 21.8 Å². The third-order valence-electron chi connectivity index (χ3n) is 5.35. The molecule has 0 atom stereocenters. The maximum atomic E-state index is 13.3. The molecule has 0 aliphatic rings. The number of aromatic nitrogens is 2. The van der Waals surface area contributed by atoms with Gasteiger partial charge in [-0.05, 0) is 55.3 Å². The maximum absolute atomic E-state index is 13.3. The van der Waals surface area contributed by atoms with E-state index >= 15 is 0 Å². The number of sulfonamides is 1. The van der Waals surface area contributed by atoms with Crippen LogP contribution in [0.15, 0.2) is 41.3 Å². The van der Waals surface area contributed by atoms with Crippen LogP contribution in [-0.4, -0.2) is 42.3 Å². The number of nitrogens with zero attached hydrogens (tertiary/aromatic N) is 3. The van der Waals surface area contributed by atoms with Crippen LogP contribution in [0.25, 0.3) is 11.0 Å². The SMILES string of the molecule is CCCCn1c(CCC(=O)Nc2ccc(F)cc2C)nc2cc(S(=O)(=O)N(C)C)ccc21. The number of hydrogen-bond acceptors (Lipinski definition) is 4. The van der Waals surface area contributed by atoms with Crippen LogP contribution in [0.3, 0.4) is 0 Å². The number of amides is 1. The molecule has 0 unspecified atom stereocenters. The molecule has 7 nitrogen and oxygen atoms in total. The first-order valence-electron chi connectivity index (χ1n) is 10.6. The zero-order chi connectivity index (χ0) is 23.5. The first kappa shape index (κ1) is 23.9. The molecule has 1 N–H and O–H groups in total.